The Morgan fingerprint density at radius 3 is 1.33 bits per heavy atom. The van der Waals surface area contributed by atoms with E-state index in [2.05, 4.69) is 24.4 Å². The van der Waals surface area contributed by atoms with Gasteiger partial charge in [-0.1, -0.05) is 0 Å². The maximum atomic E-state index is 8.29. The summed E-state index contributed by atoms with van der Waals surface area (Å²) in [6, 6.07) is 0. The largest absolute Gasteiger partial charge is 0.335 e. The molecule has 34 valence electrons. The highest BCUT2D eigenvalue weighted by molar-refractivity contribution is 7.93. The molecule has 0 aliphatic rings. The molecule has 0 saturated carbocycles. The van der Waals surface area contributed by atoms with Gasteiger partial charge in [0.05, 0.1) is 0 Å². The van der Waals surface area contributed by atoms with Crippen LogP contribution in [-0.2, 0) is 11.6 Å². The lowest BCUT2D eigenvalue weighted by atomic mass is 12.0. The van der Waals surface area contributed by atoms with Crippen LogP contribution in [-0.4, -0.2) is 12.7 Å². The average molecular weight is 140 g/mol. The van der Waals surface area contributed by atoms with Crippen molar-refractivity contribution in [3.05, 3.63) is 0 Å². The summed E-state index contributed by atoms with van der Waals surface area (Å²) in [5.41, 5.74) is 0. The smallest absolute Gasteiger partial charge is 0.168 e. The molecule has 5 heteroatoms. The van der Waals surface area contributed by atoms with Crippen LogP contribution >= 0.6 is 24.4 Å². The van der Waals surface area contributed by atoms with Gasteiger partial charge >= 0.3 is 11.6 Å². The predicted molar refractivity (Wildman–Crippen MR) is 29.1 cm³/mol. The fourth-order valence-corrected chi connectivity index (χ4v) is 0. The molecular weight excluding hydrogens is 140 g/mol. The average Bonchev–Trinajstić information content (AvgIpc) is 1.39. The van der Waals surface area contributed by atoms with E-state index in [1.54, 1.807) is 0 Å². The molecule has 0 amide bonds. The van der Waals surface area contributed by atoms with Crippen molar-refractivity contribution >= 4 is 40.3 Å². The maximum Gasteiger partial charge on any atom is 0.335 e. The second-order valence-corrected chi connectivity index (χ2v) is 0.954. The zero-order chi connectivity index (χ0) is 5.41. The van der Waals surface area contributed by atoms with Gasteiger partial charge in [0.15, 0.2) is 0 Å². The molecule has 0 aliphatic carbocycles. The summed E-state index contributed by atoms with van der Waals surface area (Å²) in [5, 5.41) is 0. The van der Waals surface area contributed by atoms with Crippen LogP contribution in [0.3, 0.4) is 0 Å². The van der Waals surface area contributed by atoms with Crippen molar-refractivity contribution in [3.8, 4) is 0 Å². The standard InChI is InChI=1S/CS2.O2S/c2-1-3;1-3-2. The Morgan fingerprint density at radius 1 is 1.33 bits per heavy atom. The van der Waals surface area contributed by atoms with E-state index >= 15 is 0 Å². The minimum absolute atomic E-state index is 0.750. The minimum atomic E-state index is -0.750. The zero-order valence-electron chi connectivity index (χ0n) is 2.54. The Balaban J connectivity index is 0. The second kappa shape index (κ2) is 19.8. The lowest BCUT2D eigenvalue weighted by molar-refractivity contribution is 0.630. The van der Waals surface area contributed by atoms with E-state index < -0.39 is 11.6 Å². The van der Waals surface area contributed by atoms with E-state index in [9.17, 15) is 0 Å². The fraction of sp³-hybridized carbons (Fsp3) is 0. The Morgan fingerprint density at radius 2 is 1.33 bits per heavy atom. The number of hydrogen-bond donors (Lipinski definition) is 0. The zero-order valence-corrected chi connectivity index (χ0v) is 4.99. The highest BCUT2D eigenvalue weighted by Gasteiger charge is 1.12. The van der Waals surface area contributed by atoms with Crippen LogP contribution < -0.4 is 0 Å². The Hall–Kier alpha value is 0.0400. The highest BCUT2D eigenvalue weighted by atomic mass is 32.1. The lowest BCUT2D eigenvalue weighted by Crippen LogP contribution is -1.18. The van der Waals surface area contributed by atoms with Crippen LogP contribution in [0.1, 0.15) is 0 Å². The molecule has 0 atom stereocenters. The molecule has 0 aliphatic heterocycles. The quantitative estimate of drug-likeness (QED) is 0.455. The van der Waals surface area contributed by atoms with E-state index in [1.165, 1.54) is 0 Å². The molecule has 0 unspecified atom stereocenters. The Bertz CT molecular complexity index is 62.8. The van der Waals surface area contributed by atoms with Gasteiger partial charge in [0.1, 0.15) is 0 Å². The molecule has 6 heavy (non-hydrogen) atoms. The monoisotopic (exact) mass is 140 g/mol. The SMILES string of the molecule is O=S=O.S=C=S. The summed E-state index contributed by atoms with van der Waals surface area (Å²) in [5.74, 6) is 0. The van der Waals surface area contributed by atoms with Crippen LogP contribution in [0.5, 0.6) is 0 Å². The summed E-state index contributed by atoms with van der Waals surface area (Å²) in [6.07, 6.45) is 0. The molecule has 0 aromatic carbocycles. The fourth-order valence-electron chi connectivity index (χ4n) is 0. The second-order valence-electron chi connectivity index (χ2n) is 0.151. The van der Waals surface area contributed by atoms with Gasteiger partial charge in [-0.3, -0.25) is 0 Å². The molecule has 0 aromatic heterocycles. The molecular formula is CO2S3. The van der Waals surface area contributed by atoms with Crippen molar-refractivity contribution in [2.24, 2.45) is 0 Å². The first-order chi connectivity index (χ1) is 2.83. The third-order valence-electron chi connectivity index (χ3n) is 0. The topological polar surface area (TPSA) is 34.1 Å². The molecule has 0 rings (SSSR count). The van der Waals surface area contributed by atoms with Gasteiger partial charge < -0.3 is 0 Å². The van der Waals surface area contributed by atoms with Crippen LogP contribution in [0.2, 0.25) is 0 Å². The molecule has 0 heterocycles. The predicted octanol–water partition coefficient (Wildman–Crippen LogP) is 0.348. The first kappa shape index (κ1) is 9.40. The van der Waals surface area contributed by atoms with E-state index in [0.29, 0.717) is 0 Å². The lowest BCUT2D eigenvalue weighted by Gasteiger charge is -0.992. The van der Waals surface area contributed by atoms with Crippen molar-refractivity contribution < 1.29 is 8.42 Å². The molecule has 0 bridgehead atoms. The third kappa shape index (κ3) is 23300. The van der Waals surface area contributed by atoms with Gasteiger partial charge in [-0.05, 0) is 24.4 Å². The molecule has 0 N–H and O–H groups in total. The minimum Gasteiger partial charge on any atom is -0.168 e. The van der Waals surface area contributed by atoms with Crippen molar-refractivity contribution in [2.45, 2.75) is 0 Å². The Labute approximate surface area is 49.2 Å². The van der Waals surface area contributed by atoms with Crippen LogP contribution in [0.25, 0.3) is 0 Å². The molecule has 2 nitrogen and oxygen atoms in total. The van der Waals surface area contributed by atoms with Gasteiger partial charge in [0.25, 0.3) is 0 Å². The summed E-state index contributed by atoms with van der Waals surface area (Å²) < 4.78 is 18.5. The van der Waals surface area contributed by atoms with Gasteiger partial charge in [0.2, 0.25) is 0 Å². The molecule has 0 spiro atoms. The van der Waals surface area contributed by atoms with E-state index in [1.807, 2.05) is 4.31 Å². The van der Waals surface area contributed by atoms with E-state index in [-0.39, 0.29) is 0 Å². The first-order valence-corrected chi connectivity index (χ1v) is 2.22. The molecule has 0 fully saturated rings. The highest BCUT2D eigenvalue weighted by Crippen LogP contribution is 1.29. The van der Waals surface area contributed by atoms with Crippen LogP contribution in [0, 0.1) is 0 Å². The molecule has 0 radical (unpaired) electrons. The molecule has 0 saturated heterocycles. The number of rotatable bonds is 0. The summed E-state index contributed by atoms with van der Waals surface area (Å²) in [6.45, 7) is 0. The van der Waals surface area contributed by atoms with Crippen molar-refractivity contribution in [1.29, 1.82) is 0 Å². The van der Waals surface area contributed by atoms with E-state index in [0.717, 1.165) is 0 Å². The van der Waals surface area contributed by atoms with E-state index in [4.69, 9.17) is 8.42 Å². The van der Waals surface area contributed by atoms with Crippen LogP contribution in [0.15, 0.2) is 0 Å². The van der Waals surface area contributed by atoms with Gasteiger partial charge in [-0.15, -0.1) is 0 Å². The normalized spacial score (nSPS) is 3.33. The molecule has 0 aromatic rings. The van der Waals surface area contributed by atoms with Gasteiger partial charge in [0, 0.05) is 4.31 Å². The number of thiocarbonyl (C=S) groups is 2. The van der Waals surface area contributed by atoms with Crippen molar-refractivity contribution in [2.75, 3.05) is 0 Å². The summed E-state index contributed by atoms with van der Waals surface area (Å²) in [7, 11) is 0. The van der Waals surface area contributed by atoms with Gasteiger partial charge in [-0.2, -0.15) is 8.42 Å². The third-order valence-corrected chi connectivity index (χ3v) is 0. The summed E-state index contributed by atoms with van der Waals surface area (Å²) >= 11 is 7.17. The maximum absolute atomic E-state index is 8.29. The summed E-state index contributed by atoms with van der Waals surface area (Å²) in [4.78, 5) is 0. The Kier molecular flexibility index (Phi) is 31.0. The van der Waals surface area contributed by atoms with Crippen molar-refractivity contribution in [1.82, 2.24) is 0 Å². The van der Waals surface area contributed by atoms with Crippen molar-refractivity contribution in [3.63, 3.8) is 0 Å². The van der Waals surface area contributed by atoms with Crippen LogP contribution in [0.4, 0.5) is 0 Å². The first-order valence-electron chi connectivity index (χ1n) is 0.742. The number of hydrogen-bond acceptors (Lipinski definition) is 4. The van der Waals surface area contributed by atoms with Gasteiger partial charge in [-0.25, -0.2) is 0 Å².